The van der Waals surface area contributed by atoms with E-state index in [4.69, 9.17) is 16.0 Å². The fourth-order valence-corrected chi connectivity index (χ4v) is 1.94. The molecule has 0 aliphatic carbocycles. The highest BCUT2D eigenvalue weighted by Crippen LogP contribution is 2.22. The molecule has 2 heterocycles. The molecule has 1 aliphatic heterocycles. The van der Waals surface area contributed by atoms with E-state index in [1.165, 1.54) is 6.08 Å². The summed E-state index contributed by atoms with van der Waals surface area (Å²) in [5.74, 6) is 0.704. The van der Waals surface area contributed by atoms with Crippen molar-refractivity contribution in [3.05, 3.63) is 35.8 Å². The maximum absolute atomic E-state index is 11.5. The maximum atomic E-state index is 11.5. The number of furan rings is 1. The lowest BCUT2D eigenvalue weighted by Gasteiger charge is -2.31. The average Bonchev–Trinajstić information content (AvgIpc) is 2.75. The molecule has 1 fully saturated rings. The molecule has 5 heteroatoms. The van der Waals surface area contributed by atoms with Crippen LogP contribution in [0.2, 0.25) is 5.22 Å². The van der Waals surface area contributed by atoms with Crippen molar-refractivity contribution in [1.82, 2.24) is 10.2 Å². The number of carbonyl (C=O) groups is 1. The van der Waals surface area contributed by atoms with Crippen LogP contribution < -0.4 is 5.32 Å². The molecule has 1 unspecified atom stereocenters. The van der Waals surface area contributed by atoms with Gasteiger partial charge in [0.25, 0.3) is 0 Å². The molecular weight excluding hydrogens is 228 g/mol. The first-order chi connectivity index (χ1) is 7.70. The second-order valence-electron chi connectivity index (χ2n) is 3.64. The van der Waals surface area contributed by atoms with Crippen molar-refractivity contribution >= 4 is 17.5 Å². The van der Waals surface area contributed by atoms with Crippen molar-refractivity contribution in [2.75, 3.05) is 19.6 Å². The Morgan fingerprint density at radius 3 is 3.12 bits per heavy atom. The van der Waals surface area contributed by atoms with Gasteiger partial charge in [-0.15, -0.1) is 0 Å². The smallest absolute Gasteiger partial charge is 0.246 e. The van der Waals surface area contributed by atoms with Crippen LogP contribution >= 0.6 is 11.6 Å². The summed E-state index contributed by atoms with van der Waals surface area (Å²) in [4.78, 5) is 13.2. The number of hydrogen-bond donors (Lipinski definition) is 1. The second kappa shape index (κ2) is 4.72. The standard InChI is InChI=1S/C11H13ClN2O2/c1-2-11(15)14-6-5-13-8(7-14)9-3-4-10(12)16-9/h2-4,8,13H,1,5-7H2. The van der Waals surface area contributed by atoms with Crippen LogP contribution in [0.25, 0.3) is 0 Å². The molecule has 1 aliphatic rings. The minimum atomic E-state index is -0.0517. The number of carbonyl (C=O) groups excluding carboxylic acids is 1. The number of halogens is 1. The fraction of sp³-hybridized carbons (Fsp3) is 0.364. The van der Waals surface area contributed by atoms with E-state index >= 15 is 0 Å². The highest BCUT2D eigenvalue weighted by molar-refractivity contribution is 6.28. The Balaban J connectivity index is 2.07. The molecule has 4 nitrogen and oxygen atoms in total. The van der Waals surface area contributed by atoms with Gasteiger partial charge in [-0.1, -0.05) is 6.58 Å². The molecule has 0 aromatic carbocycles. The molecule has 1 saturated heterocycles. The average molecular weight is 241 g/mol. The van der Waals surface area contributed by atoms with Crippen molar-refractivity contribution in [2.45, 2.75) is 6.04 Å². The first kappa shape index (κ1) is 11.2. The van der Waals surface area contributed by atoms with Gasteiger partial charge in [0.05, 0.1) is 6.04 Å². The van der Waals surface area contributed by atoms with E-state index in [1.807, 2.05) is 6.07 Å². The molecule has 1 atom stereocenters. The molecule has 0 spiro atoms. The lowest BCUT2D eigenvalue weighted by molar-refractivity contribution is -0.127. The zero-order valence-electron chi connectivity index (χ0n) is 8.78. The van der Waals surface area contributed by atoms with Gasteiger partial charge in [0, 0.05) is 19.6 Å². The summed E-state index contributed by atoms with van der Waals surface area (Å²) in [6.07, 6.45) is 1.33. The Labute approximate surface area is 98.9 Å². The normalized spacial score (nSPS) is 20.8. The third kappa shape index (κ3) is 2.28. The van der Waals surface area contributed by atoms with Gasteiger partial charge in [-0.3, -0.25) is 4.79 Å². The molecule has 1 aromatic heterocycles. The summed E-state index contributed by atoms with van der Waals surface area (Å²) in [6, 6.07) is 3.53. The molecule has 1 amide bonds. The van der Waals surface area contributed by atoms with E-state index in [0.717, 1.165) is 12.3 Å². The van der Waals surface area contributed by atoms with E-state index in [-0.39, 0.29) is 11.9 Å². The summed E-state index contributed by atoms with van der Waals surface area (Å²) in [7, 11) is 0. The van der Waals surface area contributed by atoms with Crippen molar-refractivity contribution in [2.24, 2.45) is 0 Å². The van der Waals surface area contributed by atoms with Gasteiger partial charge >= 0.3 is 0 Å². The lowest BCUT2D eigenvalue weighted by Crippen LogP contribution is -2.47. The van der Waals surface area contributed by atoms with Crippen molar-refractivity contribution in [3.8, 4) is 0 Å². The predicted octanol–water partition coefficient (Wildman–Crippen LogP) is 1.59. The quantitative estimate of drug-likeness (QED) is 0.799. The van der Waals surface area contributed by atoms with Gasteiger partial charge in [-0.2, -0.15) is 0 Å². The minimum Gasteiger partial charge on any atom is -0.448 e. The Kier molecular flexibility index (Phi) is 3.31. The molecule has 86 valence electrons. The lowest BCUT2D eigenvalue weighted by atomic mass is 10.1. The Morgan fingerprint density at radius 1 is 1.69 bits per heavy atom. The molecular formula is C11H13ClN2O2. The van der Waals surface area contributed by atoms with Crippen molar-refractivity contribution in [1.29, 1.82) is 0 Å². The predicted molar refractivity (Wildman–Crippen MR) is 61.2 cm³/mol. The Hall–Kier alpha value is -1.26. The first-order valence-electron chi connectivity index (χ1n) is 5.10. The van der Waals surface area contributed by atoms with E-state index in [1.54, 1.807) is 11.0 Å². The van der Waals surface area contributed by atoms with E-state index < -0.39 is 0 Å². The topological polar surface area (TPSA) is 45.5 Å². The first-order valence-corrected chi connectivity index (χ1v) is 5.48. The van der Waals surface area contributed by atoms with Crippen LogP contribution in [0.15, 0.2) is 29.2 Å². The molecule has 0 saturated carbocycles. The van der Waals surface area contributed by atoms with Gasteiger partial charge in [0.2, 0.25) is 5.91 Å². The molecule has 0 bridgehead atoms. The van der Waals surface area contributed by atoms with Gasteiger partial charge in [-0.25, -0.2) is 0 Å². The zero-order chi connectivity index (χ0) is 11.5. The number of amides is 1. The zero-order valence-corrected chi connectivity index (χ0v) is 9.54. The fourth-order valence-electron chi connectivity index (χ4n) is 1.79. The minimum absolute atomic E-state index is 0.00477. The second-order valence-corrected chi connectivity index (χ2v) is 4.01. The van der Waals surface area contributed by atoms with Gasteiger partial charge in [0.1, 0.15) is 5.76 Å². The highest BCUT2D eigenvalue weighted by atomic mass is 35.5. The van der Waals surface area contributed by atoms with Crippen LogP contribution in [0.1, 0.15) is 11.8 Å². The van der Waals surface area contributed by atoms with Crippen LogP contribution in [-0.4, -0.2) is 30.4 Å². The monoisotopic (exact) mass is 240 g/mol. The number of nitrogens with one attached hydrogen (secondary N) is 1. The molecule has 1 N–H and O–H groups in total. The number of rotatable bonds is 2. The summed E-state index contributed by atoms with van der Waals surface area (Å²) < 4.78 is 5.32. The summed E-state index contributed by atoms with van der Waals surface area (Å²) >= 11 is 5.71. The van der Waals surface area contributed by atoms with E-state index in [0.29, 0.717) is 18.3 Å². The summed E-state index contributed by atoms with van der Waals surface area (Å²) in [5, 5.41) is 3.64. The number of piperazine rings is 1. The van der Waals surface area contributed by atoms with Crippen LogP contribution in [0.3, 0.4) is 0 Å². The number of nitrogens with zero attached hydrogens (tertiary/aromatic N) is 1. The third-order valence-corrected chi connectivity index (χ3v) is 2.80. The van der Waals surface area contributed by atoms with Crippen LogP contribution in [0, 0.1) is 0 Å². The SMILES string of the molecule is C=CC(=O)N1CCNC(c2ccc(Cl)o2)C1. The van der Waals surface area contributed by atoms with Crippen LogP contribution in [0.4, 0.5) is 0 Å². The summed E-state index contributed by atoms with van der Waals surface area (Å²) in [5.41, 5.74) is 0. The summed E-state index contributed by atoms with van der Waals surface area (Å²) in [6.45, 7) is 5.49. The van der Waals surface area contributed by atoms with Crippen LogP contribution in [0.5, 0.6) is 0 Å². The Bertz CT molecular complexity index is 402. The Morgan fingerprint density at radius 2 is 2.50 bits per heavy atom. The van der Waals surface area contributed by atoms with E-state index in [2.05, 4.69) is 11.9 Å². The van der Waals surface area contributed by atoms with Gasteiger partial charge in [0.15, 0.2) is 5.22 Å². The third-order valence-electron chi connectivity index (χ3n) is 2.60. The van der Waals surface area contributed by atoms with E-state index in [9.17, 15) is 4.79 Å². The highest BCUT2D eigenvalue weighted by Gasteiger charge is 2.24. The molecule has 16 heavy (non-hydrogen) atoms. The largest absolute Gasteiger partial charge is 0.448 e. The molecule has 0 radical (unpaired) electrons. The molecule has 2 rings (SSSR count). The van der Waals surface area contributed by atoms with Crippen LogP contribution in [-0.2, 0) is 4.79 Å². The van der Waals surface area contributed by atoms with Crippen molar-refractivity contribution in [3.63, 3.8) is 0 Å². The van der Waals surface area contributed by atoms with Gasteiger partial charge < -0.3 is 14.6 Å². The maximum Gasteiger partial charge on any atom is 0.246 e. The number of hydrogen-bond acceptors (Lipinski definition) is 3. The van der Waals surface area contributed by atoms with Crippen molar-refractivity contribution < 1.29 is 9.21 Å². The van der Waals surface area contributed by atoms with Gasteiger partial charge in [-0.05, 0) is 29.8 Å². The molecule has 1 aromatic rings.